The van der Waals surface area contributed by atoms with E-state index in [1.807, 2.05) is 41.3 Å². The molecule has 0 unspecified atom stereocenters. The zero-order valence-corrected chi connectivity index (χ0v) is 16.1. The summed E-state index contributed by atoms with van der Waals surface area (Å²) >= 11 is 5.96. The molecular formula is C20H23ClN6. The summed E-state index contributed by atoms with van der Waals surface area (Å²) in [5, 5.41) is 5.22. The minimum absolute atomic E-state index is 0.566. The maximum Gasteiger partial charge on any atom is 0.147 e. The molecule has 2 aromatic heterocycles. The third kappa shape index (κ3) is 4.28. The monoisotopic (exact) mass is 382 g/mol. The summed E-state index contributed by atoms with van der Waals surface area (Å²) < 4.78 is 1.90. The largest absolute Gasteiger partial charge is 0.355 e. The van der Waals surface area contributed by atoms with E-state index in [2.05, 4.69) is 38.1 Å². The van der Waals surface area contributed by atoms with E-state index in [0.717, 1.165) is 49.0 Å². The Balaban J connectivity index is 1.33. The molecule has 0 saturated carbocycles. The van der Waals surface area contributed by atoms with Gasteiger partial charge in [0.15, 0.2) is 0 Å². The van der Waals surface area contributed by atoms with Gasteiger partial charge >= 0.3 is 0 Å². The lowest BCUT2D eigenvalue weighted by atomic mass is 10.0. The van der Waals surface area contributed by atoms with Gasteiger partial charge in [0.1, 0.15) is 5.82 Å². The molecule has 0 radical (unpaired) electrons. The Morgan fingerprint density at radius 2 is 1.89 bits per heavy atom. The Morgan fingerprint density at radius 3 is 2.59 bits per heavy atom. The van der Waals surface area contributed by atoms with Gasteiger partial charge in [-0.1, -0.05) is 11.6 Å². The van der Waals surface area contributed by atoms with Crippen LogP contribution in [0.15, 0.2) is 55.2 Å². The predicted molar refractivity (Wildman–Crippen MR) is 107 cm³/mol. The highest BCUT2D eigenvalue weighted by atomic mass is 35.5. The molecule has 1 aliphatic heterocycles. The first-order chi connectivity index (χ1) is 13.2. The fourth-order valence-electron chi connectivity index (χ4n) is 3.58. The summed E-state index contributed by atoms with van der Waals surface area (Å²) in [6.07, 6.45) is 11.6. The van der Waals surface area contributed by atoms with Crippen molar-refractivity contribution in [2.75, 3.05) is 25.0 Å². The van der Waals surface area contributed by atoms with Gasteiger partial charge in [0, 0.05) is 54.9 Å². The summed E-state index contributed by atoms with van der Waals surface area (Å²) in [7, 11) is 2.20. The lowest BCUT2D eigenvalue weighted by Gasteiger charge is -2.37. The standard InChI is InChI=1S/C20H23ClN6/c1-25(18-6-10-26(11-7-18)20-13-22-8-9-23-20)14-16-12-24-27(15-16)19-4-2-17(21)3-5-19/h2-5,8-9,12-13,15,18H,6-7,10-11,14H2,1H3. The topological polar surface area (TPSA) is 50.1 Å². The molecule has 1 saturated heterocycles. The van der Waals surface area contributed by atoms with Gasteiger partial charge in [0.05, 0.1) is 18.1 Å². The second kappa shape index (κ2) is 8.06. The molecule has 0 spiro atoms. The second-order valence-corrected chi connectivity index (χ2v) is 7.40. The summed E-state index contributed by atoms with van der Waals surface area (Å²) in [4.78, 5) is 13.3. The molecule has 4 rings (SSSR count). The van der Waals surface area contributed by atoms with Gasteiger partial charge in [0.2, 0.25) is 0 Å². The van der Waals surface area contributed by atoms with Crippen molar-refractivity contribution in [3.8, 4) is 5.69 Å². The van der Waals surface area contributed by atoms with Crippen molar-refractivity contribution in [2.45, 2.75) is 25.4 Å². The van der Waals surface area contributed by atoms with Crippen LogP contribution in [-0.2, 0) is 6.54 Å². The fraction of sp³-hybridized carbons (Fsp3) is 0.350. The van der Waals surface area contributed by atoms with Crippen LogP contribution >= 0.6 is 11.6 Å². The van der Waals surface area contributed by atoms with E-state index in [4.69, 9.17) is 11.6 Å². The number of piperidine rings is 1. The Kier molecular flexibility index (Phi) is 5.36. The average molecular weight is 383 g/mol. The van der Waals surface area contributed by atoms with E-state index in [-0.39, 0.29) is 0 Å². The number of benzene rings is 1. The second-order valence-electron chi connectivity index (χ2n) is 6.97. The quantitative estimate of drug-likeness (QED) is 0.676. The first kappa shape index (κ1) is 17.9. The van der Waals surface area contributed by atoms with Crippen LogP contribution in [0, 0.1) is 0 Å². The Hall–Kier alpha value is -2.44. The molecule has 1 aliphatic rings. The van der Waals surface area contributed by atoms with E-state index >= 15 is 0 Å². The zero-order valence-electron chi connectivity index (χ0n) is 15.4. The molecule has 3 aromatic rings. The summed E-state index contributed by atoms with van der Waals surface area (Å²) in [5.41, 5.74) is 2.23. The lowest BCUT2D eigenvalue weighted by Crippen LogP contribution is -2.43. The number of nitrogens with zero attached hydrogens (tertiary/aromatic N) is 6. The molecule has 0 amide bonds. The number of halogens is 1. The Labute approximate surface area is 164 Å². The Morgan fingerprint density at radius 1 is 1.11 bits per heavy atom. The van der Waals surface area contributed by atoms with Crippen molar-refractivity contribution in [1.29, 1.82) is 0 Å². The van der Waals surface area contributed by atoms with Crippen LogP contribution in [0.4, 0.5) is 5.82 Å². The van der Waals surface area contributed by atoms with E-state index in [9.17, 15) is 0 Å². The minimum Gasteiger partial charge on any atom is -0.355 e. The summed E-state index contributed by atoms with van der Waals surface area (Å²) in [6, 6.07) is 8.29. The van der Waals surface area contributed by atoms with Crippen LogP contribution in [0.3, 0.4) is 0 Å². The highest BCUT2D eigenvalue weighted by Gasteiger charge is 2.23. The maximum atomic E-state index is 5.96. The maximum absolute atomic E-state index is 5.96. The molecule has 1 aromatic carbocycles. The zero-order chi connectivity index (χ0) is 18.6. The molecule has 7 heteroatoms. The van der Waals surface area contributed by atoms with E-state index in [1.165, 1.54) is 5.56 Å². The number of hydrogen-bond acceptors (Lipinski definition) is 5. The number of rotatable bonds is 5. The van der Waals surface area contributed by atoms with Gasteiger partial charge in [-0.05, 0) is 44.2 Å². The van der Waals surface area contributed by atoms with Gasteiger partial charge < -0.3 is 4.90 Å². The fourth-order valence-corrected chi connectivity index (χ4v) is 3.71. The van der Waals surface area contributed by atoms with Crippen LogP contribution in [0.25, 0.3) is 5.69 Å². The van der Waals surface area contributed by atoms with E-state index in [0.29, 0.717) is 6.04 Å². The van der Waals surface area contributed by atoms with Crippen molar-refractivity contribution in [2.24, 2.45) is 0 Å². The third-order valence-electron chi connectivity index (χ3n) is 5.12. The van der Waals surface area contributed by atoms with Gasteiger partial charge in [-0.2, -0.15) is 5.10 Å². The van der Waals surface area contributed by atoms with E-state index in [1.54, 1.807) is 12.4 Å². The third-order valence-corrected chi connectivity index (χ3v) is 5.37. The van der Waals surface area contributed by atoms with Gasteiger partial charge in [0.25, 0.3) is 0 Å². The molecule has 0 atom stereocenters. The van der Waals surface area contributed by atoms with Crippen LogP contribution < -0.4 is 4.90 Å². The van der Waals surface area contributed by atoms with Crippen LogP contribution in [0.1, 0.15) is 18.4 Å². The highest BCUT2D eigenvalue weighted by Crippen LogP contribution is 2.21. The number of hydrogen-bond donors (Lipinski definition) is 0. The first-order valence-corrected chi connectivity index (χ1v) is 9.57. The van der Waals surface area contributed by atoms with Crippen molar-refractivity contribution in [3.05, 3.63) is 65.8 Å². The smallest absolute Gasteiger partial charge is 0.147 e. The molecule has 140 valence electrons. The Bertz CT molecular complexity index is 856. The van der Waals surface area contributed by atoms with Gasteiger partial charge in [-0.3, -0.25) is 9.88 Å². The summed E-state index contributed by atoms with van der Waals surface area (Å²) in [5.74, 6) is 0.975. The van der Waals surface area contributed by atoms with Crippen LogP contribution in [0.2, 0.25) is 5.02 Å². The molecule has 6 nitrogen and oxygen atoms in total. The highest BCUT2D eigenvalue weighted by molar-refractivity contribution is 6.30. The molecular weight excluding hydrogens is 360 g/mol. The minimum atomic E-state index is 0.566. The molecule has 1 fully saturated rings. The van der Waals surface area contributed by atoms with Crippen molar-refractivity contribution in [1.82, 2.24) is 24.6 Å². The number of anilines is 1. The number of aromatic nitrogens is 4. The molecule has 0 N–H and O–H groups in total. The molecule has 3 heterocycles. The predicted octanol–water partition coefficient (Wildman–Crippen LogP) is 3.42. The van der Waals surface area contributed by atoms with Crippen molar-refractivity contribution < 1.29 is 0 Å². The SMILES string of the molecule is CN(Cc1cnn(-c2ccc(Cl)cc2)c1)C1CCN(c2cnccn2)CC1. The van der Waals surface area contributed by atoms with Gasteiger partial charge in [-0.15, -0.1) is 0 Å². The summed E-state index contributed by atoms with van der Waals surface area (Å²) in [6.45, 7) is 2.92. The first-order valence-electron chi connectivity index (χ1n) is 9.20. The normalized spacial score (nSPS) is 15.4. The van der Waals surface area contributed by atoms with E-state index < -0.39 is 0 Å². The average Bonchev–Trinajstić information content (AvgIpc) is 3.18. The van der Waals surface area contributed by atoms with Crippen molar-refractivity contribution >= 4 is 17.4 Å². The lowest BCUT2D eigenvalue weighted by molar-refractivity contribution is 0.200. The van der Waals surface area contributed by atoms with Crippen molar-refractivity contribution in [3.63, 3.8) is 0 Å². The molecule has 27 heavy (non-hydrogen) atoms. The molecule has 0 aliphatic carbocycles. The van der Waals surface area contributed by atoms with Crippen LogP contribution in [0.5, 0.6) is 0 Å². The molecule has 0 bridgehead atoms. The van der Waals surface area contributed by atoms with Crippen LogP contribution in [-0.4, -0.2) is 50.8 Å². The van der Waals surface area contributed by atoms with Gasteiger partial charge in [-0.25, -0.2) is 9.67 Å².